The molecule has 0 spiro atoms. The lowest BCUT2D eigenvalue weighted by molar-refractivity contribution is -0.309. The summed E-state index contributed by atoms with van der Waals surface area (Å²) < 4.78 is 35.3. The second kappa shape index (κ2) is 3.00. The molecule has 0 saturated heterocycles. The first-order valence-electron chi connectivity index (χ1n) is 4.13. The highest BCUT2D eigenvalue weighted by molar-refractivity contribution is 5.74. The Hall–Kier alpha value is -1.00. The number of carboxylic acid groups (broad SMARTS) is 1. The van der Waals surface area contributed by atoms with Gasteiger partial charge in [0.05, 0.1) is 0 Å². The molecule has 2 nitrogen and oxygen atoms in total. The van der Waals surface area contributed by atoms with Crippen LogP contribution in [0, 0.1) is 17.3 Å². The molecule has 0 aromatic rings. The summed E-state index contributed by atoms with van der Waals surface area (Å²) in [4.78, 5) is 10.5. The van der Waals surface area contributed by atoms with E-state index in [0.717, 1.165) is 6.08 Å². The van der Waals surface area contributed by atoms with Crippen molar-refractivity contribution in [2.75, 3.05) is 0 Å². The van der Waals surface area contributed by atoms with Crippen molar-refractivity contribution in [3.8, 4) is 0 Å². The summed E-state index contributed by atoms with van der Waals surface area (Å²) in [6, 6.07) is 0. The molecule has 1 fully saturated rings. The van der Waals surface area contributed by atoms with Crippen molar-refractivity contribution in [1.29, 1.82) is 0 Å². The number of hydrogen-bond acceptors (Lipinski definition) is 2. The summed E-state index contributed by atoms with van der Waals surface area (Å²) in [6.07, 6.45) is -3.39. The molecule has 0 aromatic carbocycles. The van der Waals surface area contributed by atoms with Crippen LogP contribution in [0.4, 0.5) is 13.2 Å². The first-order chi connectivity index (χ1) is 6.16. The fourth-order valence-corrected chi connectivity index (χ4v) is 1.70. The van der Waals surface area contributed by atoms with E-state index in [1.54, 1.807) is 13.8 Å². The SMILES string of the molecule is CC1(C)C(/C=C/C(F)(F)F)C1C(=O)[O-]. The predicted molar refractivity (Wildman–Crippen MR) is 41.0 cm³/mol. The van der Waals surface area contributed by atoms with Gasteiger partial charge in [0.1, 0.15) is 0 Å². The lowest BCUT2D eigenvalue weighted by Crippen LogP contribution is -2.26. The number of carbonyl (C=O) groups is 1. The first kappa shape index (κ1) is 11.1. The van der Waals surface area contributed by atoms with Gasteiger partial charge in [0, 0.05) is 18.0 Å². The molecule has 2 unspecified atom stereocenters. The number of carbonyl (C=O) groups excluding carboxylic acids is 1. The van der Waals surface area contributed by atoms with Gasteiger partial charge >= 0.3 is 6.18 Å². The van der Waals surface area contributed by atoms with Gasteiger partial charge in [-0.2, -0.15) is 13.2 Å². The number of rotatable bonds is 2. The van der Waals surface area contributed by atoms with Gasteiger partial charge in [-0.15, -0.1) is 0 Å². The quantitative estimate of drug-likeness (QED) is 0.637. The summed E-state index contributed by atoms with van der Waals surface area (Å²) in [5, 5.41) is 10.5. The Labute approximate surface area is 79.4 Å². The van der Waals surface area contributed by atoms with Crippen LogP contribution < -0.4 is 5.11 Å². The summed E-state index contributed by atoms with van der Waals surface area (Å²) in [6.45, 7) is 3.22. The number of allylic oxidation sites excluding steroid dienone is 2. The van der Waals surface area contributed by atoms with Gasteiger partial charge in [0.15, 0.2) is 0 Å². The third-order valence-corrected chi connectivity index (χ3v) is 2.66. The van der Waals surface area contributed by atoms with Crippen molar-refractivity contribution in [3.05, 3.63) is 12.2 Å². The molecule has 0 amide bonds. The monoisotopic (exact) mass is 207 g/mol. The standard InChI is InChI=1S/C9H11F3O2/c1-8(2)5(6(8)7(13)14)3-4-9(10,11)12/h3-6H,1-2H3,(H,13,14)/p-1/b4-3+. The van der Waals surface area contributed by atoms with Crippen molar-refractivity contribution >= 4 is 5.97 Å². The predicted octanol–water partition coefficient (Wildman–Crippen LogP) is 1.13. The van der Waals surface area contributed by atoms with E-state index in [4.69, 9.17) is 0 Å². The highest BCUT2D eigenvalue weighted by atomic mass is 19.4. The number of hydrogen-bond donors (Lipinski definition) is 0. The maximum Gasteiger partial charge on any atom is 0.409 e. The number of alkyl halides is 3. The molecule has 5 heteroatoms. The maximum atomic E-state index is 11.8. The molecule has 2 atom stereocenters. The summed E-state index contributed by atoms with van der Waals surface area (Å²) in [7, 11) is 0. The second-order valence-corrected chi connectivity index (χ2v) is 4.04. The minimum absolute atomic E-state index is 0.0857. The van der Waals surface area contributed by atoms with Gasteiger partial charge < -0.3 is 9.90 Å². The molecule has 1 aliphatic rings. The Kier molecular flexibility index (Phi) is 2.37. The average molecular weight is 207 g/mol. The number of halogens is 3. The molecular weight excluding hydrogens is 197 g/mol. The van der Waals surface area contributed by atoms with Crippen LogP contribution in [0.25, 0.3) is 0 Å². The third-order valence-electron chi connectivity index (χ3n) is 2.66. The molecule has 0 bridgehead atoms. The van der Waals surface area contributed by atoms with Crippen molar-refractivity contribution in [1.82, 2.24) is 0 Å². The second-order valence-electron chi connectivity index (χ2n) is 4.04. The van der Waals surface area contributed by atoms with E-state index < -0.39 is 29.4 Å². The van der Waals surface area contributed by atoms with Gasteiger partial charge in [0.2, 0.25) is 0 Å². The van der Waals surface area contributed by atoms with E-state index in [9.17, 15) is 23.1 Å². The van der Waals surface area contributed by atoms with Gasteiger partial charge in [-0.3, -0.25) is 0 Å². The fraction of sp³-hybridized carbons (Fsp3) is 0.667. The van der Waals surface area contributed by atoms with E-state index in [2.05, 4.69) is 0 Å². The van der Waals surface area contributed by atoms with Crippen LogP contribution in [0.2, 0.25) is 0 Å². The normalized spacial score (nSPS) is 30.6. The molecule has 0 radical (unpaired) electrons. The Bertz CT molecular complexity index is 278. The lowest BCUT2D eigenvalue weighted by Gasteiger charge is -2.01. The zero-order valence-corrected chi connectivity index (χ0v) is 7.76. The number of carboxylic acids is 1. The molecule has 1 saturated carbocycles. The minimum Gasteiger partial charge on any atom is -0.550 e. The van der Waals surface area contributed by atoms with Gasteiger partial charge in [-0.05, 0) is 11.3 Å². The van der Waals surface area contributed by atoms with E-state index in [1.807, 2.05) is 0 Å². The molecule has 0 heterocycles. The van der Waals surface area contributed by atoms with Crippen LogP contribution in [0.5, 0.6) is 0 Å². The zero-order chi connectivity index (χ0) is 11.1. The lowest BCUT2D eigenvalue weighted by atomic mass is 10.1. The smallest absolute Gasteiger partial charge is 0.409 e. The van der Waals surface area contributed by atoms with Crippen LogP contribution in [0.1, 0.15) is 13.8 Å². The Morgan fingerprint density at radius 3 is 2.21 bits per heavy atom. The van der Waals surface area contributed by atoms with Crippen molar-refractivity contribution in [2.45, 2.75) is 20.0 Å². The van der Waals surface area contributed by atoms with E-state index >= 15 is 0 Å². The van der Waals surface area contributed by atoms with E-state index in [0.29, 0.717) is 0 Å². The van der Waals surface area contributed by atoms with Crippen LogP contribution in [-0.2, 0) is 4.79 Å². The minimum atomic E-state index is -4.38. The zero-order valence-electron chi connectivity index (χ0n) is 7.76. The van der Waals surface area contributed by atoms with Gasteiger partial charge in [-0.25, -0.2) is 0 Å². The maximum absolute atomic E-state index is 11.8. The van der Waals surface area contributed by atoms with E-state index in [1.165, 1.54) is 0 Å². The van der Waals surface area contributed by atoms with Crippen molar-refractivity contribution < 1.29 is 23.1 Å². The molecule has 1 aliphatic carbocycles. The Morgan fingerprint density at radius 1 is 1.43 bits per heavy atom. The first-order valence-corrected chi connectivity index (χ1v) is 4.13. The topological polar surface area (TPSA) is 40.1 Å². The van der Waals surface area contributed by atoms with Crippen LogP contribution >= 0.6 is 0 Å². The van der Waals surface area contributed by atoms with Gasteiger partial charge in [-0.1, -0.05) is 19.9 Å². The highest BCUT2D eigenvalue weighted by Gasteiger charge is 2.57. The summed E-state index contributed by atoms with van der Waals surface area (Å²) in [5.74, 6) is -2.66. The third kappa shape index (κ3) is 2.08. The number of aliphatic carboxylic acids is 1. The summed E-state index contributed by atoms with van der Waals surface area (Å²) >= 11 is 0. The fourth-order valence-electron chi connectivity index (χ4n) is 1.70. The average Bonchev–Trinajstić information content (AvgIpc) is 2.47. The van der Waals surface area contributed by atoms with Crippen LogP contribution in [-0.4, -0.2) is 12.1 Å². The molecular formula is C9H10F3O2-. The van der Waals surface area contributed by atoms with Crippen LogP contribution in [0.15, 0.2) is 12.2 Å². The van der Waals surface area contributed by atoms with Crippen molar-refractivity contribution in [2.24, 2.45) is 17.3 Å². The van der Waals surface area contributed by atoms with Gasteiger partial charge in [0.25, 0.3) is 0 Å². The molecule has 0 N–H and O–H groups in total. The molecule has 0 aliphatic heterocycles. The Morgan fingerprint density at radius 2 is 1.93 bits per heavy atom. The molecule has 80 valence electrons. The largest absolute Gasteiger partial charge is 0.550 e. The molecule has 1 rings (SSSR count). The Balaban J connectivity index is 2.67. The highest BCUT2D eigenvalue weighted by Crippen LogP contribution is 2.58. The molecule has 0 aromatic heterocycles. The van der Waals surface area contributed by atoms with Crippen molar-refractivity contribution in [3.63, 3.8) is 0 Å². The summed E-state index contributed by atoms with van der Waals surface area (Å²) in [5.41, 5.74) is -0.624. The van der Waals surface area contributed by atoms with E-state index in [-0.39, 0.29) is 6.08 Å². The van der Waals surface area contributed by atoms with Crippen LogP contribution in [0.3, 0.4) is 0 Å². The molecule has 14 heavy (non-hydrogen) atoms.